The summed E-state index contributed by atoms with van der Waals surface area (Å²) in [6.45, 7) is 7.16. The van der Waals surface area contributed by atoms with Gasteiger partial charge in [0.15, 0.2) is 0 Å². The van der Waals surface area contributed by atoms with Crippen molar-refractivity contribution >= 4 is 11.7 Å². The van der Waals surface area contributed by atoms with Crippen molar-refractivity contribution in [2.45, 2.75) is 38.8 Å². The third-order valence-electron chi connectivity index (χ3n) is 3.37. The van der Waals surface area contributed by atoms with Crippen molar-refractivity contribution in [3.05, 3.63) is 23.8 Å². The van der Waals surface area contributed by atoms with Crippen LogP contribution >= 0.6 is 0 Å². The van der Waals surface area contributed by atoms with Crippen LogP contribution in [0.4, 0.5) is 5.69 Å². The number of nitrogens with one attached hydrogen (secondary N) is 2. The lowest BCUT2D eigenvalue weighted by Crippen LogP contribution is -2.40. The maximum atomic E-state index is 10.7. The third-order valence-corrected chi connectivity index (χ3v) is 3.37. The van der Waals surface area contributed by atoms with Gasteiger partial charge in [0.05, 0.1) is 12.2 Å². The van der Waals surface area contributed by atoms with Gasteiger partial charge in [-0.25, -0.2) is 0 Å². The van der Waals surface area contributed by atoms with Gasteiger partial charge in [0.25, 0.3) is 0 Å². The van der Waals surface area contributed by atoms with Gasteiger partial charge in [-0.15, -0.1) is 0 Å². The Morgan fingerprint density at radius 3 is 3.00 bits per heavy atom. The normalized spacial score (nSPS) is 17.6. The van der Waals surface area contributed by atoms with E-state index in [-0.39, 0.29) is 5.60 Å². The SMILES string of the molecule is CC(NCCc1ccc2c(c1)NCC(C)(C)O2)C(=O)O. The maximum Gasteiger partial charge on any atom is 0.320 e. The van der Waals surface area contributed by atoms with Crippen LogP contribution in [0.15, 0.2) is 18.2 Å². The molecular weight excluding hydrogens is 256 g/mol. The molecule has 1 atom stereocenters. The molecule has 0 saturated heterocycles. The standard InChI is InChI=1S/C15H22N2O3/c1-10(14(18)19)16-7-6-11-4-5-13-12(8-11)17-9-15(2,3)20-13/h4-5,8,10,16-17H,6-7,9H2,1-3H3,(H,18,19). The highest BCUT2D eigenvalue weighted by molar-refractivity contribution is 5.72. The summed E-state index contributed by atoms with van der Waals surface area (Å²) in [7, 11) is 0. The van der Waals surface area contributed by atoms with E-state index >= 15 is 0 Å². The van der Waals surface area contributed by atoms with Crippen LogP contribution in [0.5, 0.6) is 5.75 Å². The first-order valence-electron chi connectivity index (χ1n) is 6.89. The average molecular weight is 278 g/mol. The highest BCUT2D eigenvalue weighted by Crippen LogP contribution is 2.33. The zero-order chi connectivity index (χ0) is 14.8. The number of ether oxygens (including phenoxy) is 1. The van der Waals surface area contributed by atoms with Crippen molar-refractivity contribution in [3.8, 4) is 5.75 Å². The van der Waals surface area contributed by atoms with Crippen LogP contribution in [0.2, 0.25) is 0 Å². The minimum Gasteiger partial charge on any atom is -0.484 e. The first kappa shape index (κ1) is 14.7. The molecule has 0 saturated carbocycles. The molecule has 110 valence electrons. The van der Waals surface area contributed by atoms with E-state index in [1.165, 1.54) is 0 Å². The van der Waals surface area contributed by atoms with Crippen LogP contribution in [0.3, 0.4) is 0 Å². The lowest BCUT2D eigenvalue weighted by Gasteiger charge is -2.33. The summed E-state index contributed by atoms with van der Waals surface area (Å²) in [4.78, 5) is 10.7. The molecule has 5 heteroatoms. The highest BCUT2D eigenvalue weighted by atomic mass is 16.5. The Bertz CT molecular complexity index is 500. The molecule has 0 bridgehead atoms. The number of anilines is 1. The Hall–Kier alpha value is -1.75. The summed E-state index contributed by atoms with van der Waals surface area (Å²) in [6, 6.07) is 5.54. The number of benzene rings is 1. The summed E-state index contributed by atoms with van der Waals surface area (Å²) in [5.74, 6) is 0.0459. The predicted molar refractivity (Wildman–Crippen MR) is 78.4 cm³/mol. The number of carboxylic acids is 1. The zero-order valence-corrected chi connectivity index (χ0v) is 12.2. The van der Waals surface area contributed by atoms with E-state index < -0.39 is 12.0 Å². The van der Waals surface area contributed by atoms with E-state index in [2.05, 4.69) is 16.7 Å². The topological polar surface area (TPSA) is 70.6 Å². The second kappa shape index (κ2) is 5.71. The minimum atomic E-state index is -0.826. The van der Waals surface area contributed by atoms with Gasteiger partial charge in [-0.2, -0.15) is 0 Å². The quantitative estimate of drug-likeness (QED) is 0.767. The van der Waals surface area contributed by atoms with E-state index in [4.69, 9.17) is 9.84 Å². The number of carbonyl (C=O) groups is 1. The lowest BCUT2D eigenvalue weighted by molar-refractivity contribution is -0.138. The molecule has 20 heavy (non-hydrogen) atoms. The molecular formula is C15H22N2O3. The first-order chi connectivity index (χ1) is 9.37. The average Bonchev–Trinajstić information content (AvgIpc) is 2.38. The van der Waals surface area contributed by atoms with Crippen molar-refractivity contribution in [1.82, 2.24) is 5.32 Å². The summed E-state index contributed by atoms with van der Waals surface area (Å²) < 4.78 is 5.89. The molecule has 1 aromatic carbocycles. The van der Waals surface area contributed by atoms with Gasteiger partial charge >= 0.3 is 5.97 Å². The molecule has 0 amide bonds. The second-order valence-electron chi connectivity index (χ2n) is 5.81. The second-order valence-corrected chi connectivity index (χ2v) is 5.81. The van der Waals surface area contributed by atoms with Crippen LogP contribution in [0.1, 0.15) is 26.3 Å². The van der Waals surface area contributed by atoms with Crippen LogP contribution in [-0.2, 0) is 11.2 Å². The van der Waals surface area contributed by atoms with Crippen LogP contribution in [0, 0.1) is 0 Å². The summed E-state index contributed by atoms with van der Waals surface area (Å²) in [5, 5.41) is 15.1. The van der Waals surface area contributed by atoms with E-state index in [1.54, 1.807) is 6.92 Å². The molecule has 1 unspecified atom stereocenters. The molecule has 0 fully saturated rings. The van der Waals surface area contributed by atoms with Crippen LogP contribution in [0.25, 0.3) is 0 Å². The molecule has 0 aliphatic carbocycles. The van der Waals surface area contributed by atoms with E-state index in [9.17, 15) is 4.79 Å². The largest absolute Gasteiger partial charge is 0.484 e. The maximum absolute atomic E-state index is 10.7. The van der Waals surface area contributed by atoms with Crippen molar-refractivity contribution in [2.75, 3.05) is 18.4 Å². The molecule has 3 N–H and O–H groups in total. The first-order valence-corrected chi connectivity index (χ1v) is 6.89. The van der Waals surface area contributed by atoms with E-state index in [0.29, 0.717) is 6.54 Å². The number of rotatable bonds is 5. The van der Waals surface area contributed by atoms with Crippen molar-refractivity contribution in [2.24, 2.45) is 0 Å². The highest BCUT2D eigenvalue weighted by Gasteiger charge is 2.26. The van der Waals surface area contributed by atoms with Gasteiger partial charge in [0, 0.05) is 0 Å². The summed E-state index contributed by atoms with van der Waals surface area (Å²) in [6.07, 6.45) is 0.788. The summed E-state index contributed by atoms with van der Waals surface area (Å²) in [5.41, 5.74) is 1.98. The van der Waals surface area contributed by atoms with Crippen molar-refractivity contribution in [3.63, 3.8) is 0 Å². The molecule has 0 spiro atoms. The van der Waals surface area contributed by atoms with Gasteiger partial charge in [-0.1, -0.05) is 6.07 Å². The van der Waals surface area contributed by atoms with Gasteiger partial charge in [0.2, 0.25) is 0 Å². The van der Waals surface area contributed by atoms with Gasteiger partial charge in [0.1, 0.15) is 17.4 Å². The molecule has 0 radical (unpaired) electrons. The van der Waals surface area contributed by atoms with E-state index in [1.807, 2.05) is 26.0 Å². The molecule has 0 aromatic heterocycles. The number of fused-ring (bicyclic) bond motifs is 1. The Morgan fingerprint density at radius 1 is 1.55 bits per heavy atom. The zero-order valence-electron chi connectivity index (χ0n) is 12.2. The fourth-order valence-corrected chi connectivity index (χ4v) is 2.12. The number of hydrogen-bond acceptors (Lipinski definition) is 4. The van der Waals surface area contributed by atoms with Crippen molar-refractivity contribution in [1.29, 1.82) is 0 Å². The van der Waals surface area contributed by atoms with Crippen LogP contribution < -0.4 is 15.4 Å². The molecule has 1 aliphatic rings. The monoisotopic (exact) mass is 278 g/mol. The number of carboxylic acid groups (broad SMARTS) is 1. The molecule has 1 aromatic rings. The predicted octanol–water partition coefficient (Wildman–Crippen LogP) is 1.87. The Balaban J connectivity index is 1.93. The molecule has 2 rings (SSSR count). The molecule has 1 heterocycles. The van der Waals surface area contributed by atoms with Gasteiger partial charge in [-0.05, 0) is 51.4 Å². The van der Waals surface area contributed by atoms with E-state index in [0.717, 1.165) is 30.0 Å². The minimum absolute atomic E-state index is 0.188. The van der Waals surface area contributed by atoms with Gasteiger partial charge < -0.3 is 20.5 Å². The number of aliphatic carboxylic acids is 1. The molecule has 5 nitrogen and oxygen atoms in total. The third kappa shape index (κ3) is 3.63. The smallest absolute Gasteiger partial charge is 0.320 e. The Kier molecular flexibility index (Phi) is 4.18. The fourth-order valence-electron chi connectivity index (χ4n) is 2.12. The molecule has 1 aliphatic heterocycles. The number of hydrogen-bond donors (Lipinski definition) is 3. The Labute approximate surface area is 119 Å². The fraction of sp³-hybridized carbons (Fsp3) is 0.533. The van der Waals surface area contributed by atoms with Crippen molar-refractivity contribution < 1.29 is 14.6 Å². The Morgan fingerprint density at radius 2 is 2.30 bits per heavy atom. The summed E-state index contributed by atoms with van der Waals surface area (Å²) >= 11 is 0. The lowest BCUT2D eigenvalue weighted by atomic mass is 10.0. The van der Waals surface area contributed by atoms with Gasteiger partial charge in [-0.3, -0.25) is 4.79 Å². The van der Waals surface area contributed by atoms with Crippen LogP contribution in [-0.4, -0.2) is 35.8 Å².